The molecule has 1 N–H and O–H groups in total. The van der Waals surface area contributed by atoms with Gasteiger partial charge in [-0.25, -0.2) is 18.1 Å². The third-order valence-corrected chi connectivity index (χ3v) is 5.11. The number of aromatic nitrogens is 1. The molecule has 0 amide bonds. The van der Waals surface area contributed by atoms with E-state index < -0.39 is 22.8 Å². The van der Waals surface area contributed by atoms with Crippen LogP contribution in [0.1, 0.15) is 5.69 Å². The highest BCUT2D eigenvalue weighted by Gasteiger charge is 2.27. The van der Waals surface area contributed by atoms with Crippen molar-refractivity contribution in [3.05, 3.63) is 10.2 Å². The maximum absolute atomic E-state index is 11.8. The molecule has 0 saturated carbocycles. The molecule has 0 bridgehead atoms. The van der Waals surface area contributed by atoms with E-state index in [9.17, 15) is 21.6 Å². The molecule has 0 aliphatic rings. The lowest BCUT2D eigenvalue weighted by atomic mass is 10.6. The molecule has 0 aromatic carbocycles. The second kappa shape index (κ2) is 6.35. The van der Waals surface area contributed by atoms with E-state index >= 15 is 0 Å². The summed E-state index contributed by atoms with van der Waals surface area (Å²) >= 11 is 6.34. The zero-order valence-corrected chi connectivity index (χ0v) is 12.0. The van der Waals surface area contributed by atoms with E-state index in [2.05, 4.69) is 14.4 Å². The molecule has 1 rings (SSSR count). The third-order valence-electron chi connectivity index (χ3n) is 1.78. The number of thiazole rings is 1. The van der Waals surface area contributed by atoms with Crippen LogP contribution < -0.4 is 4.72 Å². The van der Waals surface area contributed by atoms with Gasteiger partial charge in [0.05, 0.1) is 12.3 Å². The van der Waals surface area contributed by atoms with Crippen LogP contribution in [0.3, 0.4) is 0 Å². The van der Waals surface area contributed by atoms with Crippen molar-refractivity contribution >= 4 is 33.0 Å². The van der Waals surface area contributed by atoms with Crippen molar-refractivity contribution in [1.82, 2.24) is 9.71 Å². The summed E-state index contributed by atoms with van der Waals surface area (Å²) in [6.07, 6.45) is -4.43. The van der Waals surface area contributed by atoms with Crippen LogP contribution in [0.5, 0.6) is 0 Å². The van der Waals surface area contributed by atoms with Gasteiger partial charge in [-0.15, -0.1) is 0 Å². The van der Waals surface area contributed by atoms with Crippen molar-refractivity contribution in [2.45, 2.75) is 17.3 Å². The number of aryl methyl sites for hydroxylation is 1. The minimum atomic E-state index is -4.43. The quantitative estimate of drug-likeness (QED) is 0.805. The molecule has 1 aromatic heterocycles. The molecule has 11 heteroatoms. The third kappa shape index (κ3) is 5.61. The maximum atomic E-state index is 11.8. The average Bonchev–Trinajstić information content (AvgIpc) is 2.56. The predicted molar refractivity (Wildman–Crippen MR) is 63.9 cm³/mol. The molecule has 0 atom stereocenters. The van der Waals surface area contributed by atoms with E-state index in [0.29, 0.717) is 0 Å². The first kappa shape index (κ1) is 16.6. The van der Waals surface area contributed by atoms with Gasteiger partial charge < -0.3 is 4.74 Å². The van der Waals surface area contributed by atoms with Crippen molar-refractivity contribution in [3.8, 4) is 0 Å². The summed E-state index contributed by atoms with van der Waals surface area (Å²) < 4.78 is 65.2. The van der Waals surface area contributed by atoms with Crippen LogP contribution >= 0.6 is 22.9 Å². The van der Waals surface area contributed by atoms with E-state index in [4.69, 9.17) is 11.6 Å². The molecule has 1 aromatic rings. The Kier molecular flexibility index (Phi) is 5.56. The number of alkyl halides is 3. The van der Waals surface area contributed by atoms with E-state index in [1.807, 2.05) is 0 Å². The lowest BCUT2D eigenvalue weighted by Crippen LogP contribution is -2.28. The van der Waals surface area contributed by atoms with Crippen LogP contribution in [-0.4, -0.2) is 39.3 Å². The first-order valence-corrected chi connectivity index (χ1v) is 7.57. The molecule has 0 aliphatic heterocycles. The van der Waals surface area contributed by atoms with Crippen LogP contribution in [0.25, 0.3) is 0 Å². The van der Waals surface area contributed by atoms with Gasteiger partial charge >= 0.3 is 6.18 Å². The van der Waals surface area contributed by atoms with Crippen LogP contribution in [0.4, 0.5) is 13.2 Å². The van der Waals surface area contributed by atoms with Gasteiger partial charge in [0.15, 0.2) is 8.68 Å². The van der Waals surface area contributed by atoms with E-state index in [1.165, 1.54) is 6.92 Å². The highest BCUT2D eigenvalue weighted by atomic mass is 35.5. The van der Waals surface area contributed by atoms with E-state index in [0.717, 1.165) is 11.3 Å². The highest BCUT2D eigenvalue weighted by molar-refractivity contribution is 7.91. The summed E-state index contributed by atoms with van der Waals surface area (Å²) in [5, 5.41) is 0. The normalized spacial score (nSPS) is 12.9. The lowest BCUT2D eigenvalue weighted by Gasteiger charge is -2.08. The fourth-order valence-corrected chi connectivity index (χ4v) is 3.90. The van der Waals surface area contributed by atoms with Crippen molar-refractivity contribution in [3.63, 3.8) is 0 Å². The summed E-state index contributed by atoms with van der Waals surface area (Å²) in [6.45, 7) is -0.602. The van der Waals surface area contributed by atoms with Gasteiger partial charge in [-0.05, 0) is 6.92 Å². The summed E-state index contributed by atoms with van der Waals surface area (Å²) in [7, 11) is -3.83. The Morgan fingerprint density at radius 2 is 2.11 bits per heavy atom. The Bertz CT molecular complexity index is 530. The summed E-state index contributed by atoms with van der Waals surface area (Å²) in [6, 6.07) is 0. The summed E-state index contributed by atoms with van der Waals surface area (Å²) in [5.74, 6) is 0. The fourth-order valence-electron chi connectivity index (χ4n) is 1.10. The first-order valence-electron chi connectivity index (χ1n) is 4.89. The monoisotopic (exact) mass is 338 g/mol. The van der Waals surface area contributed by atoms with Gasteiger partial charge in [-0.3, -0.25) is 0 Å². The standard InChI is InChI=1S/C8H10ClF3N2O3S2/c1-5-6(18-7(9)14-5)19(15,16)13-2-3-17-4-8(10,11)12/h13H,2-4H2,1H3. The fraction of sp³-hybridized carbons (Fsp3) is 0.625. The molecule has 0 aliphatic carbocycles. The largest absolute Gasteiger partial charge is 0.411 e. The maximum Gasteiger partial charge on any atom is 0.411 e. The predicted octanol–water partition coefficient (Wildman–Crippen LogP) is 1.96. The van der Waals surface area contributed by atoms with Crippen LogP contribution in [-0.2, 0) is 14.8 Å². The lowest BCUT2D eigenvalue weighted by molar-refractivity contribution is -0.173. The smallest absolute Gasteiger partial charge is 0.371 e. The number of hydrogen-bond acceptors (Lipinski definition) is 5. The number of nitrogens with zero attached hydrogens (tertiary/aromatic N) is 1. The molecule has 0 spiro atoms. The van der Waals surface area contributed by atoms with Gasteiger partial charge in [0, 0.05) is 6.54 Å². The summed E-state index contributed by atoms with van der Waals surface area (Å²) in [4.78, 5) is 3.74. The Balaban J connectivity index is 2.47. The van der Waals surface area contributed by atoms with Gasteiger partial charge in [-0.2, -0.15) is 13.2 Å². The van der Waals surface area contributed by atoms with E-state index in [1.54, 1.807) is 0 Å². The van der Waals surface area contributed by atoms with Gasteiger partial charge in [0.25, 0.3) is 10.0 Å². The number of hydrogen-bond donors (Lipinski definition) is 1. The molecular formula is C8H10ClF3N2O3S2. The zero-order valence-electron chi connectivity index (χ0n) is 9.62. The zero-order chi connectivity index (χ0) is 14.7. The Morgan fingerprint density at radius 3 is 2.58 bits per heavy atom. The second-order valence-electron chi connectivity index (χ2n) is 3.41. The average molecular weight is 339 g/mol. The molecule has 0 saturated heterocycles. The molecular weight excluding hydrogens is 329 g/mol. The van der Waals surface area contributed by atoms with Crippen LogP contribution in [0, 0.1) is 6.92 Å². The molecule has 0 radical (unpaired) electrons. The number of ether oxygens (including phenoxy) is 1. The first-order chi connectivity index (χ1) is 8.62. The van der Waals surface area contributed by atoms with E-state index in [-0.39, 0.29) is 27.5 Å². The number of halogens is 4. The van der Waals surface area contributed by atoms with Crippen LogP contribution in [0.15, 0.2) is 4.21 Å². The van der Waals surface area contributed by atoms with Gasteiger partial charge in [0.1, 0.15) is 6.61 Å². The number of sulfonamides is 1. The SMILES string of the molecule is Cc1nc(Cl)sc1S(=O)(=O)NCCOCC(F)(F)F. The molecule has 5 nitrogen and oxygen atoms in total. The molecule has 110 valence electrons. The molecule has 1 heterocycles. The topological polar surface area (TPSA) is 68.3 Å². The Morgan fingerprint density at radius 1 is 1.47 bits per heavy atom. The number of rotatable bonds is 6. The number of nitrogens with one attached hydrogen (secondary N) is 1. The summed E-state index contributed by atoms with van der Waals surface area (Å²) in [5.41, 5.74) is 0.235. The van der Waals surface area contributed by atoms with Crippen LogP contribution in [0.2, 0.25) is 4.47 Å². The van der Waals surface area contributed by atoms with Crippen molar-refractivity contribution < 1.29 is 26.3 Å². The second-order valence-corrected chi connectivity index (χ2v) is 6.95. The van der Waals surface area contributed by atoms with Crippen molar-refractivity contribution in [2.24, 2.45) is 0 Å². The molecule has 0 fully saturated rings. The highest BCUT2D eigenvalue weighted by Crippen LogP contribution is 2.26. The minimum absolute atomic E-state index is 0.0617. The van der Waals surface area contributed by atoms with Crippen molar-refractivity contribution in [1.29, 1.82) is 0 Å². The van der Waals surface area contributed by atoms with Crippen molar-refractivity contribution in [2.75, 3.05) is 19.8 Å². The molecule has 19 heavy (non-hydrogen) atoms. The van der Waals surface area contributed by atoms with Gasteiger partial charge in [-0.1, -0.05) is 22.9 Å². The van der Waals surface area contributed by atoms with Gasteiger partial charge in [0.2, 0.25) is 0 Å². The molecule has 0 unspecified atom stereocenters. The Labute approximate surface area is 116 Å². The minimum Gasteiger partial charge on any atom is -0.371 e. The Hall–Kier alpha value is -0.420.